The maximum atomic E-state index is 4.28. The van der Waals surface area contributed by atoms with Gasteiger partial charge in [0.05, 0.1) is 18.1 Å². The second-order valence-corrected chi connectivity index (χ2v) is 4.80. The lowest BCUT2D eigenvalue weighted by molar-refractivity contribution is 0.979. The third-order valence-electron chi connectivity index (χ3n) is 3.36. The maximum Gasteiger partial charge on any atom is 0.123 e. The van der Waals surface area contributed by atoms with Crippen LogP contribution < -0.4 is 0 Å². The molecule has 0 aliphatic heterocycles. The van der Waals surface area contributed by atoms with Gasteiger partial charge >= 0.3 is 0 Å². The third-order valence-corrected chi connectivity index (χ3v) is 3.36. The highest BCUT2D eigenvalue weighted by Crippen LogP contribution is 2.32. The summed E-state index contributed by atoms with van der Waals surface area (Å²) in [6.45, 7) is 0. The lowest BCUT2D eigenvalue weighted by atomic mass is 10.0. The summed E-state index contributed by atoms with van der Waals surface area (Å²) in [5, 5.41) is 32.5. The Hall–Kier alpha value is -3.68. The van der Waals surface area contributed by atoms with Crippen molar-refractivity contribution in [3.05, 3.63) is 61.2 Å². The topological polar surface area (TPSA) is 103 Å². The molecule has 4 heterocycles. The fourth-order valence-corrected chi connectivity index (χ4v) is 2.32. The van der Waals surface area contributed by atoms with E-state index in [9.17, 15) is 0 Å². The molecule has 4 rings (SSSR count). The molecule has 0 bridgehead atoms. The highest BCUT2D eigenvalue weighted by Gasteiger charge is 2.17. The van der Waals surface area contributed by atoms with E-state index in [1.54, 1.807) is 30.9 Å². The molecule has 0 unspecified atom stereocenters. The molecule has 8 nitrogen and oxygen atoms in total. The Morgan fingerprint density at radius 3 is 1.71 bits per heavy atom. The van der Waals surface area contributed by atoms with Gasteiger partial charge in [0.25, 0.3) is 0 Å². The summed E-state index contributed by atoms with van der Waals surface area (Å²) < 4.78 is 0. The summed E-state index contributed by atoms with van der Waals surface area (Å²) in [5.74, 6) is 0. The number of nitrogens with zero attached hydrogens (tertiary/aromatic N) is 8. The Kier molecular flexibility index (Phi) is 3.61. The van der Waals surface area contributed by atoms with Gasteiger partial charge in [-0.3, -0.25) is 0 Å². The maximum absolute atomic E-state index is 4.28. The standard InChI is InChI=1S/C16H10N8/c1-3-13(21-17-7-1)11-5-9-19-23-15(11)12-6-10-20-24-16(12)14-4-2-8-18-22-14/h1-10H. The van der Waals surface area contributed by atoms with Crippen molar-refractivity contribution in [2.75, 3.05) is 0 Å². The van der Waals surface area contributed by atoms with Gasteiger partial charge in [0, 0.05) is 23.5 Å². The van der Waals surface area contributed by atoms with Crippen LogP contribution in [0, 0.1) is 0 Å². The van der Waals surface area contributed by atoms with Crippen molar-refractivity contribution in [1.82, 2.24) is 40.8 Å². The first-order valence-electron chi connectivity index (χ1n) is 7.13. The minimum absolute atomic E-state index is 0.580. The first-order chi connectivity index (χ1) is 11.9. The van der Waals surface area contributed by atoms with E-state index in [2.05, 4.69) is 40.8 Å². The smallest absolute Gasteiger partial charge is 0.123 e. The second kappa shape index (κ2) is 6.21. The normalized spacial score (nSPS) is 10.5. The van der Waals surface area contributed by atoms with Gasteiger partial charge < -0.3 is 0 Å². The molecule has 0 aromatic carbocycles. The molecule has 0 amide bonds. The zero-order chi connectivity index (χ0) is 16.2. The van der Waals surface area contributed by atoms with Crippen LogP contribution in [-0.4, -0.2) is 40.8 Å². The van der Waals surface area contributed by atoms with E-state index in [0.29, 0.717) is 22.8 Å². The van der Waals surface area contributed by atoms with Gasteiger partial charge in [-0.2, -0.15) is 25.5 Å². The average Bonchev–Trinajstić information content (AvgIpc) is 2.69. The molecule has 0 aliphatic rings. The molecular weight excluding hydrogens is 304 g/mol. The van der Waals surface area contributed by atoms with Crippen LogP contribution in [0.4, 0.5) is 0 Å². The highest BCUT2D eigenvalue weighted by molar-refractivity contribution is 5.85. The predicted molar refractivity (Wildman–Crippen MR) is 85.1 cm³/mol. The summed E-state index contributed by atoms with van der Waals surface area (Å²) in [4.78, 5) is 0. The molecule has 0 radical (unpaired) electrons. The molecule has 24 heavy (non-hydrogen) atoms. The van der Waals surface area contributed by atoms with Crippen LogP contribution in [0.2, 0.25) is 0 Å². The minimum atomic E-state index is 0.580. The first-order valence-corrected chi connectivity index (χ1v) is 7.13. The van der Waals surface area contributed by atoms with Crippen LogP contribution in [0.5, 0.6) is 0 Å². The Labute approximate surface area is 136 Å². The first kappa shape index (κ1) is 13.9. The van der Waals surface area contributed by atoms with Crippen LogP contribution in [-0.2, 0) is 0 Å². The number of aromatic nitrogens is 8. The van der Waals surface area contributed by atoms with E-state index >= 15 is 0 Å². The summed E-state index contributed by atoms with van der Waals surface area (Å²) in [5.41, 5.74) is 4.07. The van der Waals surface area contributed by atoms with Gasteiger partial charge in [-0.1, -0.05) is 0 Å². The van der Waals surface area contributed by atoms with Crippen molar-refractivity contribution < 1.29 is 0 Å². The average molecular weight is 314 g/mol. The second-order valence-electron chi connectivity index (χ2n) is 4.80. The zero-order valence-electron chi connectivity index (χ0n) is 12.4. The molecular formula is C16H10N8. The van der Waals surface area contributed by atoms with Crippen LogP contribution in [0.25, 0.3) is 33.9 Å². The molecule has 0 fully saturated rings. The largest absolute Gasteiger partial charge is 0.159 e. The molecule has 0 atom stereocenters. The Balaban J connectivity index is 1.93. The molecule has 0 aliphatic carbocycles. The summed E-state index contributed by atoms with van der Waals surface area (Å²) in [6.07, 6.45) is 6.44. The van der Waals surface area contributed by atoms with E-state index < -0.39 is 0 Å². The monoisotopic (exact) mass is 314 g/mol. The summed E-state index contributed by atoms with van der Waals surface area (Å²) in [7, 11) is 0. The van der Waals surface area contributed by atoms with E-state index in [0.717, 1.165) is 11.1 Å². The van der Waals surface area contributed by atoms with E-state index in [-0.39, 0.29) is 0 Å². The quantitative estimate of drug-likeness (QED) is 0.564. The van der Waals surface area contributed by atoms with E-state index in [1.807, 2.05) is 30.3 Å². The van der Waals surface area contributed by atoms with Crippen molar-refractivity contribution in [3.63, 3.8) is 0 Å². The molecule has 0 spiro atoms. The van der Waals surface area contributed by atoms with Crippen molar-refractivity contribution >= 4 is 0 Å². The minimum Gasteiger partial charge on any atom is -0.159 e. The van der Waals surface area contributed by atoms with Crippen LogP contribution in [0.1, 0.15) is 0 Å². The zero-order valence-corrected chi connectivity index (χ0v) is 12.4. The lowest BCUT2D eigenvalue weighted by Crippen LogP contribution is -1.99. The van der Waals surface area contributed by atoms with E-state index in [1.165, 1.54) is 0 Å². The van der Waals surface area contributed by atoms with Crippen LogP contribution >= 0.6 is 0 Å². The van der Waals surface area contributed by atoms with Crippen molar-refractivity contribution in [1.29, 1.82) is 0 Å². The van der Waals surface area contributed by atoms with Crippen molar-refractivity contribution in [2.24, 2.45) is 0 Å². The Morgan fingerprint density at radius 2 is 1.04 bits per heavy atom. The van der Waals surface area contributed by atoms with Crippen molar-refractivity contribution in [3.8, 4) is 33.9 Å². The van der Waals surface area contributed by atoms with Gasteiger partial charge in [-0.05, 0) is 36.4 Å². The Morgan fingerprint density at radius 1 is 0.458 bits per heavy atom. The summed E-state index contributed by atoms with van der Waals surface area (Å²) >= 11 is 0. The van der Waals surface area contributed by atoms with Gasteiger partial charge in [0.15, 0.2) is 0 Å². The highest BCUT2D eigenvalue weighted by atomic mass is 15.1. The number of hydrogen-bond donors (Lipinski definition) is 0. The molecule has 114 valence electrons. The SMILES string of the molecule is c1cnnc(-c2ccnnc2-c2ccnnc2-c2cccnn2)c1. The van der Waals surface area contributed by atoms with Gasteiger partial charge in [0.1, 0.15) is 17.1 Å². The molecule has 0 saturated carbocycles. The van der Waals surface area contributed by atoms with Gasteiger partial charge in [-0.15, -0.1) is 15.3 Å². The molecule has 8 heteroatoms. The number of rotatable bonds is 3. The van der Waals surface area contributed by atoms with Gasteiger partial charge in [0.2, 0.25) is 0 Å². The summed E-state index contributed by atoms with van der Waals surface area (Å²) in [6, 6.07) is 11.0. The fraction of sp³-hybridized carbons (Fsp3) is 0. The molecule has 0 N–H and O–H groups in total. The van der Waals surface area contributed by atoms with Crippen LogP contribution in [0.3, 0.4) is 0 Å². The fourth-order valence-electron chi connectivity index (χ4n) is 2.32. The van der Waals surface area contributed by atoms with E-state index in [4.69, 9.17) is 0 Å². The number of hydrogen-bond acceptors (Lipinski definition) is 8. The molecule has 4 aromatic rings. The molecule has 0 saturated heterocycles. The van der Waals surface area contributed by atoms with Gasteiger partial charge in [-0.25, -0.2) is 0 Å². The van der Waals surface area contributed by atoms with Crippen molar-refractivity contribution in [2.45, 2.75) is 0 Å². The van der Waals surface area contributed by atoms with Crippen LogP contribution in [0.15, 0.2) is 61.2 Å². The Bertz CT molecular complexity index is 879. The lowest BCUT2D eigenvalue weighted by Gasteiger charge is -2.09. The molecule has 4 aromatic heterocycles. The third kappa shape index (κ3) is 2.56. The predicted octanol–water partition coefficient (Wildman–Crippen LogP) is 1.85.